The van der Waals surface area contributed by atoms with E-state index in [-0.39, 0.29) is 17.5 Å². The van der Waals surface area contributed by atoms with E-state index >= 15 is 0 Å². The minimum atomic E-state index is -3.19. The first-order valence-electron chi connectivity index (χ1n) is 7.09. The molecule has 4 aliphatic rings. The Bertz CT molecular complexity index is 392. The second kappa shape index (κ2) is 4.46. The Morgan fingerprint density at radius 1 is 1.06 bits per heavy atom. The van der Waals surface area contributed by atoms with Crippen LogP contribution in [0.4, 0.5) is 0 Å². The highest BCUT2D eigenvalue weighted by Gasteiger charge is 2.52. The van der Waals surface area contributed by atoms with Crippen LogP contribution >= 0.6 is 0 Å². The van der Waals surface area contributed by atoms with Crippen molar-refractivity contribution in [1.82, 2.24) is 0 Å². The number of sulfone groups is 1. The lowest BCUT2D eigenvalue weighted by molar-refractivity contribution is 0.0235. The lowest BCUT2D eigenvalue weighted by atomic mass is 9.56. The summed E-state index contributed by atoms with van der Waals surface area (Å²) < 4.78 is 24.9. The van der Waals surface area contributed by atoms with E-state index in [1.807, 2.05) is 0 Å². The number of aliphatic hydroxyl groups is 1. The zero-order chi connectivity index (χ0) is 12.9. The monoisotopic (exact) mass is 273 g/mol. The van der Waals surface area contributed by atoms with Gasteiger partial charge in [-0.3, -0.25) is 0 Å². The molecule has 0 aliphatic heterocycles. The predicted molar refractivity (Wildman–Crippen MR) is 69.7 cm³/mol. The lowest BCUT2D eigenvalue weighted by Gasteiger charge is -2.53. The molecule has 4 nitrogen and oxygen atoms in total. The summed E-state index contributed by atoms with van der Waals surface area (Å²) in [7, 11) is -3.19. The van der Waals surface area contributed by atoms with Crippen molar-refractivity contribution >= 4 is 9.84 Å². The van der Waals surface area contributed by atoms with Crippen LogP contribution in [0.15, 0.2) is 0 Å². The standard InChI is InChI=1S/C13H23NO3S/c14-6-12(15)7-18(16,17)13-10-2-8-1-9(4-10)5-11(13)3-8/h8-13,15H,1-7,14H2. The van der Waals surface area contributed by atoms with Gasteiger partial charge in [0, 0.05) is 6.54 Å². The molecule has 104 valence electrons. The molecule has 0 amide bonds. The molecule has 0 saturated heterocycles. The average molecular weight is 273 g/mol. The zero-order valence-electron chi connectivity index (χ0n) is 10.7. The molecule has 0 heterocycles. The molecule has 0 spiro atoms. The van der Waals surface area contributed by atoms with Crippen LogP contribution < -0.4 is 5.73 Å². The Morgan fingerprint density at radius 3 is 2.00 bits per heavy atom. The molecule has 5 heteroatoms. The van der Waals surface area contributed by atoms with Gasteiger partial charge in [0.15, 0.2) is 9.84 Å². The van der Waals surface area contributed by atoms with Crippen molar-refractivity contribution in [2.45, 2.75) is 43.5 Å². The highest BCUT2D eigenvalue weighted by Crippen LogP contribution is 2.55. The highest BCUT2D eigenvalue weighted by molar-refractivity contribution is 7.92. The molecule has 0 radical (unpaired) electrons. The predicted octanol–water partition coefficient (Wildman–Crippen LogP) is 0.545. The van der Waals surface area contributed by atoms with Gasteiger partial charge in [0.05, 0.1) is 17.1 Å². The number of nitrogens with two attached hydrogens (primary N) is 1. The minimum Gasteiger partial charge on any atom is -0.391 e. The van der Waals surface area contributed by atoms with Gasteiger partial charge in [0.2, 0.25) is 0 Å². The van der Waals surface area contributed by atoms with Crippen molar-refractivity contribution in [2.24, 2.45) is 29.4 Å². The van der Waals surface area contributed by atoms with Gasteiger partial charge in [-0.1, -0.05) is 0 Å². The molecule has 1 atom stereocenters. The summed E-state index contributed by atoms with van der Waals surface area (Å²) in [4.78, 5) is 0. The number of hydrogen-bond donors (Lipinski definition) is 2. The van der Waals surface area contributed by atoms with Crippen molar-refractivity contribution in [3.8, 4) is 0 Å². The molecule has 4 bridgehead atoms. The molecule has 4 saturated carbocycles. The van der Waals surface area contributed by atoms with Crippen molar-refractivity contribution in [1.29, 1.82) is 0 Å². The summed E-state index contributed by atoms with van der Waals surface area (Å²) in [5.74, 6) is 2.13. The maximum absolute atomic E-state index is 12.5. The van der Waals surface area contributed by atoms with Crippen LogP contribution in [-0.4, -0.2) is 37.2 Å². The van der Waals surface area contributed by atoms with Gasteiger partial charge in [-0.25, -0.2) is 8.42 Å². The first-order valence-corrected chi connectivity index (χ1v) is 8.81. The average Bonchev–Trinajstić information content (AvgIpc) is 2.26. The fourth-order valence-electron chi connectivity index (χ4n) is 4.91. The largest absolute Gasteiger partial charge is 0.391 e. The van der Waals surface area contributed by atoms with E-state index in [0.29, 0.717) is 11.8 Å². The molecule has 0 aromatic carbocycles. The molecular weight excluding hydrogens is 250 g/mol. The molecular formula is C13H23NO3S. The lowest BCUT2D eigenvalue weighted by Crippen LogP contribution is -2.53. The summed E-state index contributed by atoms with van der Waals surface area (Å²) in [6, 6.07) is 0. The van der Waals surface area contributed by atoms with E-state index in [1.54, 1.807) is 0 Å². The van der Waals surface area contributed by atoms with E-state index in [4.69, 9.17) is 5.73 Å². The molecule has 4 rings (SSSR count). The number of hydrogen-bond acceptors (Lipinski definition) is 4. The van der Waals surface area contributed by atoms with Crippen LogP contribution in [0.25, 0.3) is 0 Å². The van der Waals surface area contributed by atoms with Gasteiger partial charge >= 0.3 is 0 Å². The normalized spacial score (nSPS) is 44.2. The zero-order valence-corrected chi connectivity index (χ0v) is 11.5. The smallest absolute Gasteiger partial charge is 0.156 e. The Balaban J connectivity index is 1.80. The first-order chi connectivity index (χ1) is 8.49. The topological polar surface area (TPSA) is 80.4 Å². The SMILES string of the molecule is NCC(O)CS(=O)(=O)C1C2CC3CC(C2)CC1C3. The van der Waals surface area contributed by atoms with Gasteiger partial charge in [-0.2, -0.15) is 0 Å². The second-order valence-electron chi connectivity index (χ2n) is 6.61. The molecule has 18 heavy (non-hydrogen) atoms. The third-order valence-electron chi connectivity index (χ3n) is 5.25. The fraction of sp³-hybridized carbons (Fsp3) is 1.00. The minimum absolute atomic E-state index is 0.0343. The maximum Gasteiger partial charge on any atom is 0.156 e. The van der Waals surface area contributed by atoms with Gasteiger partial charge in [0.1, 0.15) is 0 Å². The Kier molecular flexibility index (Phi) is 3.19. The summed E-state index contributed by atoms with van der Waals surface area (Å²) in [5, 5.41) is 9.36. The highest BCUT2D eigenvalue weighted by atomic mass is 32.2. The molecule has 3 N–H and O–H groups in total. The van der Waals surface area contributed by atoms with Crippen molar-refractivity contribution in [2.75, 3.05) is 12.3 Å². The third kappa shape index (κ3) is 2.10. The van der Waals surface area contributed by atoms with Gasteiger partial charge in [0.25, 0.3) is 0 Å². The molecule has 0 aromatic rings. The number of rotatable bonds is 4. The maximum atomic E-state index is 12.5. The van der Waals surface area contributed by atoms with Gasteiger partial charge in [-0.15, -0.1) is 0 Å². The van der Waals surface area contributed by atoms with E-state index in [0.717, 1.165) is 37.5 Å². The van der Waals surface area contributed by atoms with Crippen LogP contribution in [-0.2, 0) is 9.84 Å². The molecule has 4 aliphatic carbocycles. The van der Waals surface area contributed by atoms with Gasteiger partial charge < -0.3 is 10.8 Å². The Hall–Kier alpha value is -0.130. The van der Waals surface area contributed by atoms with E-state index in [2.05, 4.69) is 0 Å². The van der Waals surface area contributed by atoms with Crippen molar-refractivity contribution in [3.63, 3.8) is 0 Å². The van der Waals surface area contributed by atoms with Crippen molar-refractivity contribution in [3.05, 3.63) is 0 Å². The summed E-state index contributed by atoms with van der Waals surface area (Å²) >= 11 is 0. The number of aliphatic hydroxyl groups excluding tert-OH is 1. The van der Waals surface area contributed by atoms with Crippen molar-refractivity contribution < 1.29 is 13.5 Å². The quantitative estimate of drug-likeness (QED) is 0.783. The van der Waals surface area contributed by atoms with E-state index in [1.165, 1.54) is 6.42 Å². The fourth-order valence-corrected chi connectivity index (χ4v) is 7.42. The Morgan fingerprint density at radius 2 is 1.56 bits per heavy atom. The summed E-state index contributed by atoms with van der Waals surface area (Å²) in [5.41, 5.74) is 5.34. The second-order valence-corrected chi connectivity index (χ2v) is 8.82. The van der Waals surface area contributed by atoms with Crippen LogP contribution in [0, 0.1) is 23.7 Å². The van der Waals surface area contributed by atoms with E-state index in [9.17, 15) is 13.5 Å². The molecule has 0 aromatic heterocycles. The van der Waals surface area contributed by atoms with Crippen LogP contribution in [0.1, 0.15) is 32.1 Å². The Labute approximate surface area is 109 Å². The third-order valence-corrected chi connectivity index (χ3v) is 7.70. The van der Waals surface area contributed by atoms with Crippen LogP contribution in [0.5, 0.6) is 0 Å². The van der Waals surface area contributed by atoms with Crippen LogP contribution in [0.3, 0.4) is 0 Å². The first kappa shape index (κ1) is 12.9. The summed E-state index contributed by atoms with van der Waals surface area (Å²) in [6.45, 7) is 0.0343. The van der Waals surface area contributed by atoms with Gasteiger partial charge in [-0.05, 0) is 55.8 Å². The van der Waals surface area contributed by atoms with Crippen LogP contribution in [0.2, 0.25) is 0 Å². The molecule has 4 fully saturated rings. The summed E-state index contributed by atoms with van der Waals surface area (Å²) in [6.07, 6.45) is 4.80. The van der Waals surface area contributed by atoms with E-state index < -0.39 is 15.9 Å². The molecule has 1 unspecified atom stereocenters.